The lowest BCUT2D eigenvalue weighted by atomic mass is 10.1. The van der Waals surface area contributed by atoms with Crippen molar-refractivity contribution in [3.63, 3.8) is 0 Å². The van der Waals surface area contributed by atoms with Crippen molar-refractivity contribution in [2.75, 3.05) is 13.7 Å². The highest BCUT2D eigenvalue weighted by molar-refractivity contribution is 7.86. The summed E-state index contributed by atoms with van der Waals surface area (Å²) in [5.74, 6) is -0.725. The molecule has 0 amide bonds. The molecule has 1 heterocycles. The van der Waals surface area contributed by atoms with Gasteiger partial charge in [0.1, 0.15) is 12.2 Å². The lowest BCUT2D eigenvalue weighted by Crippen LogP contribution is -2.56. The van der Waals surface area contributed by atoms with Crippen LogP contribution in [-0.4, -0.2) is 57.8 Å². The fraction of sp³-hybridized carbons (Fsp3) is 0.350. The number of aryl methyl sites for hydroxylation is 1. The summed E-state index contributed by atoms with van der Waals surface area (Å²) < 4.78 is 46.6. The minimum absolute atomic E-state index is 0.0797. The zero-order chi connectivity index (χ0) is 21.0. The van der Waals surface area contributed by atoms with Gasteiger partial charge in [-0.15, -0.1) is 0 Å². The lowest BCUT2D eigenvalue weighted by molar-refractivity contribution is -0.255. The monoisotopic (exact) mass is 422 g/mol. The van der Waals surface area contributed by atoms with E-state index in [4.69, 9.17) is 18.4 Å². The van der Waals surface area contributed by atoms with Gasteiger partial charge >= 0.3 is 5.97 Å². The Morgan fingerprint density at radius 1 is 1.07 bits per heavy atom. The normalized spacial score (nSPS) is 24.8. The van der Waals surface area contributed by atoms with E-state index >= 15 is 0 Å². The Morgan fingerprint density at radius 2 is 1.72 bits per heavy atom. The number of rotatable bonds is 6. The lowest BCUT2D eigenvalue weighted by Gasteiger charge is -2.38. The van der Waals surface area contributed by atoms with Crippen LogP contribution >= 0.6 is 0 Å². The predicted octanol–water partition coefficient (Wildman–Crippen LogP) is 1.66. The molecular weight excluding hydrogens is 400 g/mol. The van der Waals surface area contributed by atoms with Crippen molar-refractivity contribution in [1.82, 2.24) is 0 Å². The van der Waals surface area contributed by atoms with Crippen LogP contribution in [0, 0.1) is 6.92 Å². The molecule has 1 N–H and O–H groups in total. The Kier molecular flexibility index (Phi) is 6.66. The summed E-state index contributed by atoms with van der Waals surface area (Å²) in [6.07, 6.45) is -5.18. The molecule has 1 aliphatic rings. The van der Waals surface area contributed by atoms with Crippen LogP contribution in [0.1, 0.15) is 15.9 Å². The minimum Gasteiger partial charge on any atom is -0.450 e. The molecule has 0 saturated carbocycles. The van der Waals surface area contributed by atoms with Gasteiger partial charge in [-0.25, -0.2) is 4.79 Å². The van der Waals surface area contributed by atoms with Crippen LogP contribution in [-0.2, 0) is 28.5 Å². The Hall–Kier alpha value is -2.30. The number of carbonyl (C=O) groups is 1. The molecule has 0 bridgehead atoms. The van der Waals surface area contributed by atoms with Crippen molar-refractivity contribution in [3.8, 4) is 0 Å². The topological polar surface area (TPSA) is 108 Å². The third kappa shape index (κ3) is 5.01. The number of ether oxygens (including phenoxy) is 3. The molecule has 3 rings (SSSR count). The number of methoxy groups -OCH3 is 1. The number of esters is 1. The Balaban J connectivity index is 1.86. The average Bonchev–Trinajstić information content (AvgIpc) is 2.71. The van der Waals surface area contributed by atoms with Gasteiger partial charge in [0.25, 0.3) is 10.1 Å². The number of hydrogen-bond donors (Lipinski definition) is 1. The van der Waals surface area contributed by atoms with Crippen LogP contribution in [0.4, 0.5) is 0 Å². The molecule has 156 valence electrons. The number of carbonyl (C=O) groups excluding carboxylic acids is 1. The van der Waals surface area contributed by atoms with Crippen LogP contribution in [0.15, 0.2) is 59.5 Å². The largest absolute Gasteiger partial charge is 0.450 e. The third-order valence-electron chi connectivity index (χ3n) is 4.43. The van der Waals surface area contributed by atoms with Crippen LogP contribution in [0.3, 0.4) is 0 Å². The molecule has 2 aromatic rings. The molecule has 4 unspecified atom stereocenters. The van der Waals surface area contributed by atoms with Crippen molar-refractivity contribution in [2.45, 2.75) is 36.4 Å². The number of hydrogen-bond acceptors (Lipinski definition) is 8. The van der Waals surface area contributed by atoms with Crippen LogP contribution in [0.25, 0.3) is 0 Å². The predicted molar refractivity (Wildman–Crippen MR) is 102 cm³/mol. The van der Waals surface area contributed by atoms with Gasteiger partial charge in [-0.1, -0.05) is 35.9 Å². The minimum atomic E-state index is -4.24. The van der Waals surface area contributed by atoms with E-state index in [1.165, 1.54) is 19.2 Å². The second-order valence-electron chi connectivity index (χ2n) is 6.57. The van der Waals surface area contributed by atoms with E-state index < -0.39 is 40.7 Å². The number of aliphatic hydroxyl groups is 1. The molecule has 0 aliphatic carbocycles. The first-order valence-corrected chi connectivity index (χ1v) is 10.3. The Morgan fingerprint density at radius 3 is 2.34 bits per heavy atom. The highest BCUT2D eigenvalue weighted by Crippen LogP contribution is 2.27. The first kappa shape index (κ1) is 21.4. The Bertz CT molecular complexity index is 927. The first-order chi connectivity index (χ1) is 13.8. The van der Waals surface area contributed by atoms with Gasteiger partial charge in [0.15, 0.2) is 12.4 Å². The second-order valence-corrected chi connectivity index (χ2v) is 8.14. The quantitative estimate of drug-likeness (QED) is 0.553. The van der Waals surface area contributed by atoms with Crippen LogP contribution in [0.5, 0.6) is 0 Å². The van der Waals surface area contributed by atoms with E-state index in [9.17, 15) is 18.3 Å². The molecule has 1 saturated heterocycles. The summed E-state index contributed by atoms with van der Waals surface area (Å²) in [6.45, 7) is 1.58. The molecule has 0 spiro atoms. The van der Waals surface area contributed by atoms with Crippen LogP contribution in [0.2, 0.25) is 0 Å². The summed E-state index contributed by atoms with van der Waals surface area (Å²) >= 11 is 0. The summed E-state index contributed by atoms with van der Waals surface area (Å²) in [7, 11) is -2.92. The van der Waals surface area contributed by atoms with Crippen molar-refractivity contribution in [1.29, 1.82) is 0 Å². The van der Waals surface area contributed by atoms with Gasteiger partial charge in [-0.2, -0.15) is 8.42 Å². The van der Waals surface area contributed by atoms with E-state index in [0.717, 1.165) is 5.56 Å². The van der Waals surface area contributed by atoms with Crippen molar-refractivity contribution in [2.24, 2.45) is 0 Å². The van der Waals surface area contributed by atoms with E-state index in [2.05, 4.69) is 0 Å². The van der Waals surface area contributed by atoms with E-state index in [0.29, 0.717) is 0 Å². The summed E-state index contributed by atoms with van der Waals surface area (Å²) in [4.78, 5) is 12.4. The molecule has 29 heavy (non-hydrogen) atoms. The third-order valence-corrected chi connectivity index (χ3v) is 5.76. The van der Waals surface area contributed by atoms with Crippen LogP contribution < -0.4 is 0 Å². The highest BCUT2D eigenvalue weighted by Gasteiger charge is 2.46. The zero-order valence-corrected chi connectivity index (χ0v) is 16.7. The van der Waals surface area contributed by atoms with Crippen molar-refractivity contribution >= 4 is 16.1 Å². The fourth-order valence-electron chi connectivity index (χ4n) is 2.87. The van der Waals surface area contributed by atoms with E-state index in [-0.39, 0.29) is 17.1 Å². The number of benzene rings is 2. The Labute approximate surface area is 169 Å². The van der Waals surface area contributed by atoms with Gasteiger partial charge in [0.2, 0.25) is 0 Å². The molecule has 4 atom stereocenters. The standard InChI is InChI=1S/C20H22O8S/c1-13-8-10-15(11-9-13)29(23,24)28-17-16(21)12-26-20(25-2)18(17)27-19(22)14-6-4-3-5-7-14/h3-11,16-18,20-21H,12H2,1-2H3. The molecule has 1 aliphatic heterocycles. The zero-order valence-electron chi connectivity index (χ0n) is 15.9. The van der Waals surface area contributed by atoms with Crippen molar-refractivity contribution < 1.29 is 36.7 Å². The summed E-state index contributed by atoms with van der Waals surface area (Å²) in [5.41, 5.74) is 1.13. The number of aliphatic hydroxyl groups excluding tert-OH is 1. The van der Waals surface area contributed by atoms with E-state index in [1.54, 1.807) is 42.5 Å². The van der Waals surface area contributed by atoms with Gasteiger partial charge in [-0.3, -0.25) is 4.18 Å². The SMILES string of the molecule is COC1OCC(O)C(OS(=O)(=O)c2ccc(C)cc2)C1OC(=O)c1ccccc1. The molecule has 9 heteroatoms. The second kappa shape index (κ2) is 9.02. The fourth-order valence-corrected chi connectivity index (χ4v) is 3.98. The van der Waals surface area contributed by atoms with Gasteiger partial charge in [-0.05, 0) is 31.2 Å². The maximum atomic E-state index is 12.7. The molecular formula is C20H22O8S. The molecule has 8 nitrogen and oxygen atoms in total. The van der Waals surface area contributed by atoms with Crippen molar-refractivity contribution in [3.05, 3.63) is 65.7 Å². The maximum absolute atomic E-state index is 12.7. The highest BCUT2D eigenvalue weighted by atomic mass is 32.2. The van der Waals surface area contributed by atoms with Gasteiger partial charge in [0, 0.05) is 7.11 Å². The van der Waals surface area contributed by atoms with Gasteiger partial charge in [0.05, 0.1) is 17.1 Å². The smallest absolute Gasteiger partial charge is 0.338 e. The molecule has 2 aromatic carbocycles. The van der Waals surface area contributed by atoms with E-state index in [1.807, 2.05) is 6.92 Å². The summed E-state index contributed by atoms with van der Waals surface area (Å²) in [5, 5.41) is 10.3. The van der Waals surface area contributed by atoms with Gasteiger partial charge < -0.3 is 19.3 Å². The molecule has 1 fully saturated rings. The molecule has 0 aromatic heterocycles. The average molecular weight is 422 g/mol. The molecule has 0 radical (unpaired) electrons. The maximum Gasteiger partial charge on any atom is 0.338 e. The summed E-state index contributed by atoms with van der Waals surface area (Å²) in [6, 6.07) is 14.2. The first-order valence-electron chi connectivity index (χ1n) is 8.90.